The van der Waals surface area contributed by atoms with Crippen LogP contribution in [0.5, 0.6) is 0 Å². The molecule has 0 bridgehead atoms. The number of carbonyl (C=O) groups is 3. The number of nitrogens with zero attached hydrogens (tertiary/aromatic N) is 1. The van der Waals surface area contributed by atoms with E-state index in [9.17, 15) is 18.8 Å². The van der Waals surface area contributed by atoms with Crippen LogP contribution in [-0.2, 0) is 14.4 Å². The lowest BCUT2D eigenvalue weighted by Crippen LogP contribution is -2.48. The van der Waals surface area contributed by atoms with Crippen molar-refractivity contribution < 1.29 is 18.8 Å². The van der Waals surface area contributed by atoms with Crippen LogP contribution in [0.2, 0.25) is 0 Å². The lowest BCUT2D eigenvalue weighted by atomic mass is 9.81. The van der Waals surface area contributed by atoms with E-state index in [0.29, 0.717) is 30.7 Å². The molecule has 0 spiro atoms. The van der Waals surface area contributed by atoms with Crippen molar-refractivity contribution in [2.24, 2.45) is 11.8 Å². The number of nitrogens with one attached hydrogen (secondary N) is 1. The summed E-state index contributed by atoms with van der Waals surface area (Å²) >= 11 is 1.56. The highest BCUT2D eigenvalue weighted by molar-refractivity contribution is 7.98. The van der Waals surface area contributed by atoms with E-state index in [0.717, 1.165) is 18.4 Å². The molecule has 1 heterocycles. The van der Waals surface area contributed by atoms with Gasteiger partial charge in [0.05, 0.1) is 11.8 Å². The minimum Gasteiger partial charge on any atom is -0.324 e. The molecule has 1 aromatic carbocycles. The smallest absolute Gasteiger partial charge is 0.247 e. The van der Waals surface area contributed by atoms with Gasteiger partial charge in [0.25, 0.3) is 0 Å². The van der Waals surface area contributed by atoms with Crippen molar-refractivity contribution in [1.29, 1.82) is 0 Å². The van der Waals surface area contributed by atoms with Gasteiger partial charge in [-0.1, -0.05) is 18.9 Å². The summed E-state index contributed by atoms with van der Waals surface area (Å²) in [5, 5.41) is 2.73. The fourth-order valence-electron chi connectivity index (χ4n) is 4.05. The molecular weight excluding hydrogens is 367 g/mol. The van der Waals surface area contributed by atoms with Crippen LogP contribution in [0.25, 0.3) is 0 Å². The first-order valence-electron chi connectivity index (χ1n) is 9.37. The summed E-state index contributed by atoms with van der Waals surface area (Å²) in [6.07, 6.45) is 5.62. The first kappa shape index (κ1) is 19.9. The molecule has 27 heavy (non-hydrogen) atoms. The fraction of sp³-hybridized carbons (Fsp3) is 0.550. The van der Waals surface area contributed by atoms with Crippen LogP contribution >= 0.6 is 11.8 Å². The Bertz CT molecular complexity index is 731. The molecule has 146 valence electrons. The second kappa shape index (κ2) is 8.42. The molecule has 3 amide bonds. The number of carbonyl (C=O) groups excluding carboxylic acids is 3. The van der Waals surface area contributed by atoms with Crippen LogP contribution in [0, 0.1) is 24.6 Å². The van der Waals surface area contributed by atoms with Crippen LogP contribution < -0.4 is 5.32 Å². The van der Waals surface area contributed by atoms with Crippen molar-refractivity contribution >= 4 is 35.2 Å². The summed E-state index contributed by atoms with van der Waals surface area (Å²) in [6, 6.07) is 3.31. The number of amides is 3. The number of halogens is 1. The number of anilines is 1. The molecule has 1 saturated carbocycles. The Morgan fingerprint density at radius 3 is 2.48 bits per heavy atom. The van der Waals surface area contributed by atoms with Crippen LogP contribution in [0.15, 0.2) is 18.2 Å². The summed E-state index contributed by atoms with van der Waals surface area (Å²) in [7, 11) is 0. The highest BCUT2D eigenvalue weighted by Gasteiger charge is 2.51. The number of benzene rings is 1. The Hall–Kier alpha value is -1.89. The second-order valence-electron chi connectivity index (χ2n) is 7.29. The maximum Gasteiger partial charge on any atom is 0.247 e. The quantitative estimate of drug-likeness (QED) is 0.754. The molecule has 1 saturated heterocycles. The zero-order valence-corrected chi connectivity index (χ0v) is 16.5. The first-order valence-corrected chi connectivity index (χ1v) is 10.8. The molecule has 2 fully saturated rings. The zero-order valence-electron chi connectivity index (χ0n) is 15.7. The van der Waals surface area contributed by atoms with E-state index < -0.39 is 17.8 Å². The SMILES string of the molecule is CSCCC(C(=O)Nc1cc(F)ccc1C)N1C(=O)C2CCCCC2C1=O. The lowest BCUT2D eigenvalue weighted by molar-refractivity contribution is -0.146. The molecule has 3 atom stereocenters. The fourth-order valence-corrected chi connectivity index (χ4v) is 4.51. The van der Waals surface area contributed by atoms with Gasteiger partial charge >= 0.3 is 0 Å². The minimum atomic E-state index is -0.856. The molecule has 7 heteroatoms. The third-order valence-electron chi connectivity index (χ3n) is 5.54. The highest BCUT2D eigenvalue weighted by atomic mass is 32.2. The number of thioether (sulfide) groups is 1. The third kappa shape index (κ3) is 4.03. The summed E-state index contributed by atoms with van der Waals surface area (Å²) in [6.45, 7) is 1.77. The predicted octanol–water partition coefficient (Wildman–Crippen LogP) is 3.37. The lowest BCUT2D eigenvalue weighted by Gasteiger charge is -2.26. The van der Waals surface area contributed by atoms with Crippen molar-refractivity contribution in [2.45, 2.75) is 45.1 Å². The molecule has 3 unspecified atom stereocenters. The van der Waals surface area contributed by atoms with E-state index in [1.165, 1.54) is 17.0 Å². The van der Waals surface area contributed by atoms with E-state index in [1.54, 1.807) is 24.8 Å². The molecule has 1 N–H and O–H groups in total. The number of fused-ring (bicyclic) bond motifs is 1. The van der Waals surface area contributed by atoms with Gasteiger partial charge in [0.2, 0.25) is 17.7 Å². The van der Waals surface area contributed by atoms with Crippen LogP contribution in [0.1, 0.15) is 37.7 Å². The summed E-state index contributed by atoms with van der Waals surface area (Å²) in [5.74, 6) is -1.25. The summed E-state index contributed by atoms with van der Waals surface area (Å²) in [4.78, 5) is 40.0. The summed E-state index contributed by atoms with van der Waals surface area (Å²) < 4.78 is 13.6. The molecule has 1 aliphatic heterocycles. The van der Waals surface area contributed by atoms with Gasteiger partial charge in [0.1, 0.15) is 11.9 Å². The number of hydrogen-bond donors (Lipinski definition) is 1. The zero-order chi connectivity index (χ0) is 19.6. The second-order valence-corrected chi connectivity index (χ2v) is 8.28. The molecule has 3 rings (SSSR count). The Labute approximate surface area is 163 Å². The molecular formula is C20H25FN2O3S. The molecule has 1 aromatic rings. The maximum atomic E-state index is 13.6. The molecule has 2 aliphatic rings. The summed E-state index contributed by atoms with van der Waals surface area (Å²) in [5.41, 5.74) is 1.09. The number of hydrogen-bond acceptors (Lipinski definition) is 4. The van der Waals surface area contributed by atoms with Gasteiger partial charge in [-0.25, -0.2) is 4.39 Å². The van der Waals surface area contributed by atoms with Gasteiger partial charge < -0.3 is 5.32 Å². The Morgan fingerprint density at radius 1 is 1.26 bits per heavy atom. The normalized spacial score (nSPS) is 23.3. The van der Waals surface area contributed by atoms with E-state index in [2.05, 4.69) is 5.32 Å². The number of imide groups is 1. The van der Waals surface area contributed by atoms with Crippen molar-refractivity contribution in [2.75, 3.05) is 17.3 Å². The highest BCUT2D eigenvalue weighted by Crippen LogP contribution is 2.39. The first-order chi connectivity index (χ1) is 12.9. The number of aryl methyl sites for hydroxylation is 1. The average Bonchev–Trinajstić information content (AvgIpc) is 2.90. The number of likely N-dealkylation sites (tertiary alicyclic amines) is 1. The van der Waals surface area contributed by atoms with Crippen LogP contribution in [0.3, 0.4) is 0 Å². The van der Waals surface area contributed by atoms with Gasteiger partial charge in [-0.15, -0.1) is 0 Å². The van der Waals surface area contributed by atoms with Gasteiger partial charge in [-0.3, -0.25) is 19.3 Å². The van der Waals surface area contributed by atoms with Gasteiger partial charge in [0, 0.05) is 5.69 Å². The Morgan fingerprint density at radius 2 is 1.89 bits per heavy atom. The van der Waals surface area contributed by atoms with Gasteiger partial charge in [0.15, 0.2) is 0 Å². The van der Waals surface area contributed by atoms with Crippen molar-refractivity contribution in [3.05, 3.63) is 29.6 Å². The molecule has 1 aliphatic carbocycles. The monoisotopic (exact) mass is 392 g/mol. The average molecular weight is 392 g/mol. The van der Waals surface area contributed by atoms with Gasteiger partial charge in [-0.2, -0.15) is 11.8 Å². The molecule has 5 nitrogen and oxygen atoms in total. The topological polar surface area (TPSA) is 66.5 Å². The van der Waals surface area contributed by atoms with E-state index in [4.69, 9.17) is 0 Å². The van der Waals surface area contributed by atoms with E-state index in [-0.39, 0.29) is 23.7 Å². The van der Waals surface area contributed by atoms with E-state index in [1.807, 2.05) is 6.26 Å². The number of rotatable bonds is 6. The van der Waals surface area contributed by atoms with Gasteiger partial charge in [-0.05, 0) is 55.9 Å². The molecule has 0 aromatic heterocycles. The Kier molecular flexibility index (Phi) is 6.19. The van der Waals surface area contributed by atoms with Crippen LogP contribution in [0.4, 0.5) is 10.1 Å². The standard InChI is InChI=1S/C20H25FN2O3S/c1-12-7-8-13(21)11-16(12)22-18(24)17(9-10-27-2)23-19(25)14-5-3-4-6-15(14)20(23)26/h7-8,11,14-15,17H,3-6,9-10H2,1-2H3,(H,22,24). The predicted molar refractivity (Wildman–Crippen MR) is 104 cm³/mol. The third-order valence-corrected chi connectivity index (χ3v) is 6.19. The van der Waals surface area contributed by atoms with Crippen molar-refractivity contribution in [3.63, 3.8) is 0 Å². The van der Waals surface area contributed by atoms with Crippen molar-refractivity contribution in [3.8, 4) is 0 Å². The van der Waals surface area contributed by atoms with E-state index >= 15 is 0 Å². The maximum absolute atomic E-state index is 13.6. The Balaban J connectivity index is 1.84. The molecule has 0 radical (unpaired) electrons. The van der Waals surface area contributed by atoms with Crippen molar-refractivity contribution in [1.82, 2.24) is 4.90 Å². The minimum absolute atomic E-state index is 0.220. The van der Waals surface area contributed by atoms with Crippen LogP contribution in [-0.4, -0.2) is 40.7 Å². The largest absolute Gasteiger partial charge is 0.324 e.